The molecule has 3 aromatic rings. The van der Waals surface area contributed by atoms with Gasteiger partial charge in [0.2, 0.25) is 5.78 Å². The highest BCUT2D eigenvalue weighted by molar-refractivity contribution is 5.80. The van der Waals surface area contributed by atoms with Gasteiger partial charge in [0.25, 0.3) is 0 Å². The standard InChI is InChI=1S/C18H19N3O2/c1-4-14(17(22)23)16-15(13-7-5-11(2)6-8-13)20-18-19-9-12(3)10-21(16)18/h5-10,14H,4H2,1-3H3,(H,22,23). The highest BCUT2D eigenvalue weighted by Crippen LogP contribution is 2.32. The van der Waals surface area contributed by atoms with E-state index in [9.17, 15) is 9.90 Å². The molecule has 0 spiro atoms. The van der Waals surface area contributed by atoms with Gasteiger partial charge in [0.1, 0.15) is 0 Å². The van der Waals surface area contributed by atoms with Gasteiger partial charge < -0.3 is 5.11 Å². The molecule has 5 nitrogen and oxygen atoms in total. The lowest BCUT2D eigenvalue weighted by atomic mass is 9.97. The van der Waals surface area contributed by atoms with Gasteiger partial charge in [-0.05, 0) is 25.8 Å². The summed E-state index contributed by atoms with van der Waals surface area (Å²) in [6, 6.07) is 7.96. The fraction of sp³-hybridized carbons (Fsp3) is 0.278. The van der Waals surface area contributed by atoms with Crippen LogP contribution in [0.25, 0.3) is 17.0 Å². The summed E-state index contributed by atoms with van der Waals surface area (Å²) in [5.74, 6) is -0.935. The minimum atomic E-state index is -0.843. The Bertz CT molecular complexity index is 866. The monoisotopic (exact) mass is 309 g/mol. The molecule has 1 N–H and O–H groups in total. The second-order valence-corrected chi connectivity index (χ2v) is 5.81. The second-order valence-electron chi connectivity index (χ2n) is 5.81. The van der Waals surface area contributed by atoms with Crippen molar-refractivity contribution < 1.29 is 9.90 Å². The SMILES string of the molecule is CCC(C(=O)O)c1c(-c2ccc(C)cc2)nc2ncc(C)cn12. The maximum Gasteiger partial charge on any atom is 0.312 e. The molecule has 0 saturated heterocycles. The molecule has 5 heteroatoms. The van der Waals surface area contributed by atoms with Crippen LogP contribution in [0.3, 0.4) is 0 Å². The summed E-state index contributed by atoms with van der Waals surface area (Å²) < 4.78 is 1.81. The number of fused-ring (bicyclic) bond motifs is 1. The predicted molar refractivity (Wildman–Crippen MR) is 88.6 cm³/mol. The molecule has 23 heavy (non-hydrogen) atoms. The quantitative estimate of drug-likeness (QED) is 0.799. The van der Waals surface area contributed by atoms with E-state index < -0.39 is 11.9 Å². The molecule has 0 aliphatic carbocycles. The van der Waals surface area contributed by atoms with Crippen molar-refractivity contribution in [2.75, 3.05) is 0 Å². The summed E-state index contributed by atoms with van der Waals surface area (Å²) in [7, 11) is 0. The van der Waals surface area contributed by atoms with E-state index in [2.05, 4.69) is 9.97 Å². The Morgan fingerprint density at radius 2 is 1.91 bits per heavy atom. The number of carboxylic acids is 1. The number of carboxylic acid groups (broad SMARTS) is 1. The summed E-state index contributed by atoms with van der Waals surface area (Å²) in [4.78, 5) is 20.7. The summed E-state index contributed by atoms with van der Waals surface area (Å²) in [5, 5.41) is 9.63. The van der Waals surface area contributed by atoms with E-state index in [4.69, 9.17) is 0 Å². The lowest BCUT2D eigenvalue weighted by Gasteiger charge is -2.12. The number of aliphatic carboxylic acids is 1. The smallest absolute Gasteiger partial charge is 0.312 e. The van der Waals surface area contributed by atoms with Crippen molar-refractivity contribution >= 4 is 11.7 Å². The van der Waals surface area contributed by atoms with Crippen LogP contribution < -0.4 is 0 Å². The zero-order chi connectivity index (χ0) is 16.6. The van der Waals surface area contributed by atoms with Gasteiger partial charge in [-0.1, -0.05) is 36.8 Å². The van der Waals surface area contributed by atoms with Gasteiger partial charge in [0, 0.05) is 18.0 Å². The number of hydrogen-bond acceptors (Lipinski definition) is 3. The van der Waals surface area contributed by atoms with Gasteiger partial charge in [0.15, 0.2) is 0 Å². The number of benzene rings is 1. The molecule has 0 fully saturated rings. The third-order valence-corrected chi connectivity index (χ3v) is 4.01. The number of hydrogen-bond donors (Lipinski definition) is 1. The van der Waals surface area contributed by atoms with Gasteiger partial charge >= 0.3 is 5.97 Å². The van der Waals surface area contributed by atoms with Gasteiger partial charge in [0.05, 0.1) is 17.3 Å². The van der Waals surface area contributed by atoms with Crippen LogP contribution in [0.15, 0.2) is 36.7 Å². The molecule has 3 rings (SSSR count). The van der Waals surface area contributed by atoms with Gasteiger partial charge in [-0.2, -0.15) is 0 Å². The van der Waals surface area contributed by atoms with Crippen LogP contribution in [0.4, 0.5) is 0 Å². The maximum absolute atomic E-state index is 11.7. The highest BCUT2D eigenvalue weighted by Gasteiger charge is 2.27. The van der Waals surface area contributed by atoms with Crippen molar-refractivity contribution in [3.63, 3.8) is 0 Å². The molecule has 1 atom stereocenters. The van der Waals surface area contributed by atoms with E-state index in [1.54, 1.807) is 6.20 Å². The van der Waals surface area contributed by atoms with Crippen LogP contribution in [0.5, 0.6) is 0 Å². The van der Waals surface area contributed by atoms with Gasteiger partial charge in [-0.25, -0.2) is 9.97 Å². The van der Waals surface area contributed by atoms with Crippen molar-refractivity contribution in [2.24, 2.45) is 0 Å². The molecule has 0 aliphatic heterocycles. The van der Waals surface area contributed by atoms with E-state index in [1.165, 1.54) is 0 Å². The van der Waals surface area contributed by atoms with Crippen LogP contribution in [-0.2, 0) is 4.79 Å². The maximum atomic E-state index is 11.7. The van der Waals surface area contributed by atoms with Crippen LogP contribution in [0.1, 0.15) is 36.1 Å². The molecule has 0 bridgehead atoms. The fourth-order valence-corrected chi connectivity index (χ4v) is 2.79. The Morgan fingerprint density at radius 1 is 1.22 bits per heavy atom. The average molecular weight is 309 g/mol. The predicted octanol–water partition coefficient (Wildman–Crippen LogP) is 3.59. The average Bonchev–Trinajstić information content (AvgIpc) is 2.87. The largest absolute Gasteiger partial charge is 0.481 e. The zero-order valence-corrected chi connectivity index (χ0v) is 13.4. The molecule has 2 heterocycles. The number of aromatic nitrogens is 3. The molecular weight excluding hydrogens is 290 g/mol. The molecule has 2 aromatic heterocycles. The topological polar surface area (TPSA) is 67.5 Å². The van der Waals surface area contributed by atoms with Crippen molar-refractivity contribution in [3.05, 3.63) is 53.5 Å². The summed E-state index contributed by atoms with van der Waals surface area (Å²) in [6.45, 7) is 5.83. The molecule has 0 radical (unpaired) electrons. The van der Waals surface area contributed by atoms with Crippen LogP contribution in [0, 0.1) is 13.8 Å². The first kappa shape index (κ1) is 15.2. The van der Waals surface area contributed by atoms with Crippen LogP contribution in [0.2, 0.25) is 0 Å². The van der Waals surface area contributed by atoms with Gasteiger partial charge in [-0.15, -0.1) is 0 Å². The van der Waals surface area contributed by atoms with E-state index >= 15 is 0 Å². The highest BCUT2D eigenvalue weighted by atomic mass is 16.4. The molecule has 1 aromatic carbocycles. The molecule has 1 unspecified atom stereocenters. The number of rotatable bonds is 4. The van der Waals surface area contributed by atoms with E-state index in [-0.39, 0.29) is 0 Å². The van der Waals surface area contributed by atoms with Crippen LogP contribution in [-0.4, -0.2) is 25.4 Å². The number of imidazole rings is 1. The first-order valence-corrected chi connectivity index (χ1v) is 7.65. The molecule has 0 saturated carbocycles. The Labute approximate surface area is 134 Å². The molecular formula is C18H19N3O2. The Balaban J connectivity index is 2.31. The van der Waals surface area contributed by atoms with Crippen molar-refractivity contribution in [3.8, 4) is 11.3 Å². The third-order valence-electron chi connectivity index (χ3n) is 4.01. The van der Waals surface area contributed by atoms with Crippen molar-refractivity contribution in [1.29, 1.82) is 0 Å². The summed E-state index contributed by atoms with van der Waals surface area (Å²) in [6.07, 6.45) is 4.14. The molecule has 0 aliphatic rings. The zero-order valence-electron chi connectivity index (χ0n) is 13.4. The first-order valence-electron chi connectivity index (χ1n) is 7.65. The van der Waals surface area contributed by atoms with E-state index in [0.29, 0.717) is 23.6 Å². The van der Waals surface area contributed by atoms with Crippen molar-refractivity contribution in [2.45, 2.75) is 33.1 Å². The molecule has 118 valence electrons. The number of carbonyl (C=O) groups is 1. The lowest BCUT2D eigenvalue weighted by molar-refractivity contribution is -0.138. The van der Waals surface area contributed by atoms with Crippen molar-refractivity contribution in [1.82, 2.24) is 14.4 Å². The Morgan fingerprint density at radius 3 is 2.52 bits per heavy atom. The number of aryl methyl sites for hydroxylation is 2. The van der Waals surface area contributed by atoms with Crippen LogP contribution >= 0.6 is 0 Å². The van der Waals surface area contributed by atoms with E-state index in [1.807, 2.05) is 55.6 Å². The number of nitrogens with zero attached hydrogens (tertiary/aromatic N) is 3. The van der Waals surface area contributed by atoms with E-state index in [0.717, 1.165) is 16.7 Å². The van der Waals surface area contributed by atoms with Gasteiger partial charge in [-0.3, -0.25) is 9.20 Å². The Kier molecular flexibility index (Phi) is 3.86. The summed E-state index contributed by atoms with van der Waals surface area (Å²) in [5.41, 5.74) is 4.41. The normalized spacial score (nSPS) is 12.5. The Hall–Kier alpha value is -2.69. The first-order chi connectivity index (χ1) is 11.0. The minimum absolute atomic E-state index is 0.496. The third kappa shape index (κ3) is 2.70. The lowest BCUT2D eigenvalue weighted by Crippen LogP contribution is -2.14. The second kappa shape index (κ2) is 5.83. The minimum Gasteiger partial charge on any atom is -0.481 e. The fourth-order valence-electron chi connectivity index (χ4n) is 2.79. The molecule has 0 amide bonds. The summed E-state index contributed by atoms with van der Waals surface area (Å²) >= 11 is 0.